The van der Waals surface area contributed by atoms with Crippen LogP contribution in [0.2, 0.25) is 0 Å². The van der Waals surface area contributed by atoms with Crippen LogP contribution in [0.3, 0.4) is 0 Å². The van der Waals surface area contributed by atoms with Crippen LogP contribution in [0.15, 0.2) is 0 Å². The molecule has 19 heavy (non-hydrogen) atoms. The van der Waals surface area contributed by atoms with Crippen LogP contribution >= 0.6 is 0 Å². The number of carboxylic acid groups (broad SMARTS) is 1. The van der Waals surface area contributed by atoms with E-state index in [1.165, 1.54) is 0 Å². The van der Waals surface area contributed by atoms with E-state index in [0.717, 1.165) is 0 Å². The van der Waals surface area contributed by atoms with Gasteiger partial charge in [-0.1, -0.05) is 0 Å². The summed E-state index contributed by atoms with van der Waals surface area (Å²) in [4.78, 5) is 10.5. The molecule has 1 saturated carbocycles. The Kier molecular flexibility index (Phi) is 4.53. The standard InChI is InChI=1S/C10H18F2N2O4S/c11-10(12)5-9(17,6-10)2-4-19(14,18)3-1-7(13)8(15)16/h7,14,17H,1-6,13H2,(H,15,16)/t7-,19?/m0/s1. The van der Waals surface area contributed by atoms with Crippen molar-refractivity contribution in [2.75, 3.05) is 11.5 Å². The Labute approximate surface area is 110 Å². The van der Waals surface area contributed by atoms with Gasteiger partial charge in [0.05, 0.1) is 5.60 Å². The fourth-order valence-corrected chi connectivity index (χ4v) is 3.53. The number of hydrogen-bond acceptors (Lipinski definition) is 5. The fraction of sp³-hybridized carbons (Fsp3) is 0.900. The maximum Gasteiger partial charge on any atom is 0.320 e. The van der Waals surface area contributed by atoms with Crippen molar-refractivity contribution in [1.82, 2.24) is 0 Å². The Hall–Kier alpha value is -0.800. The van der Waals surface area contributed by atoms with Crippen molar-refractivity contribution in [2.24, 2.45) is 5.73 Å². The molecule has 2 atom stereocenters. The summed E-state index contributed by atoms with van der Waals surface area (Å²) in [5.41, 5.74) is 3.67. The summed E-state index contributed by atoms with van der Waals surface area (Å²) in [6.45, 7) is 0. The molecule has 1 aliphatic rings. The highest BCUT2D eigenvalue weighted by Gasteiger charge is 2.55. The van der Waals surface area contributed by atoms with Crippen LogP contribution in [0.25, 0.3) is 0 Å². The lowest BCUT2D eigenvalue weighted by molar-refractivity contribution is -0.204. The number of aliphatic hydroxyl groups is 1. The van der Waals surface area contributed by atoms with Gasteiger partial charge in [-0.3, -0.25) is 9.57 Å². The summed E-state index contributed by atoms with van der Waals surface area (Å²) in [5.74, 6) is -4.57. The number of halogens is 2. The molecule has 0 heterocycles. The molecule has 0 bridgehead atoms. The second-order valence-corrected chi connectivity index (χ2v) is 7.58. The molecule has 6 nitrogen and oxygen atoms in total. The van der Waals surface area contributed by atoms with E-state index in [1.807, 2.05) is 0 Å². The minimum atomic E-state index is -3.11. The highest BCUT2D eigenvalue weighted by Crippen LogP contribution is 2.47. The van der Waals surface area contributed by atoms with Gasteiger partial charge < -0.3 is 15.9 Å². The molecule has 1 rings (SSSR count). The molecule has 0 aromatic carbocycles. The smallest absolute Gasteiger partial charge is 0.320 e. The largest absolute Gasteiger partial charge is 0.480 e. The number of carboxylic acids is 1. The Balaban J connectivity index is 2.38. The van der Waals surface area contributed by atoms with Crippen LogP contribution in [0.5, 0.6) is 0 Å². The van der Waals surface area contributed by atoms with Crippen molar-refractivity contribution < 1.29 is 28.0 Å². The first-order valence-corrected chi connectivity index (χ1v) is 7.67. The molecule has 0 aliphatic heterocycles. The Bertz CT molecular complexity index is 444. The molecule has 112 valence electrons. The van der Waals surface area contributed by atoms with Gasteiger partial charge in [0.25, 0.3) is 5.92 Å². The van der Waals surface area contributed by atoms with Crippen LogP contribution in [0.1, 0.15) is 25.7 Å². The number of hydrogen-bond donors (Lipinski definition) is 4. The topological polar surface area (TPSA) is 124 Å². The molecule has 9 heteroatoms. The van der Waals surface area contributed by atoms with Crippen LogP contribution in [0, 0.1) is 4.78 Å². The average Bonchev–Trinajstić information content (AvgIpc) is 2.20. The third-order valence-electron chi connectivity index (χ3n) is 3.15. The van der Waals surface area contributed by atoms with Gasteiger partial charge in [0.15, 0.2) is 0 Å². The Morgan fingerprint density at radius 1 is 1.42 bits per heavy atom. The lowest BCUT2D eigenvalue weighted by atomic mass is 9.75. The van der Waals surface area contributed by atoms with Crippen LogP contribution < -0.4 is 5.73 Å². The van der Waals surface area contributed by atoms with Gasteiger partial charge in [-0.25, -0.2) is 13.0 Å². The van der Waals surface area contributed by atoms with Gasteiger partial charge in [-0.05, 0) is 12.8 Å². The highest BCUT2D eigenvalue weighted by atomic mass is 32.2. The SMILES string of the molecule is N=S(=O)(CC[C@H](N)C(=O)O)CCC1(O)CC(F)(F)C1. The number of rotatable bonds is 7. The van der Waals surface area contributed by atoms with Gasteiger partial charge in [-0.2, -0.15) is 0 Å². The highest BCUT2D eigenvalue weighted by molar-refractivity contribution is 7.92. The summed E-state index contributed by atoms with van der Waals surface area (Å²) in [7, 11) is -3.11. The van der Waals surface area contributed by atoms with Crippen molar-refractivity contribution in [3.8, 4) is 0 Å². The first kappa shape index (κ1) is 16.3. The molecule has 0 saturated heterocycles. The van der Waals surface area contributed by atoms with Crippen molar-refractivity contribution in [1.29, 1.82) is 4.78 Å². The van der Waals surface area contributed by atoms with E-state index < -0.39 is 46.1 Å². The first-order valence-electron chi connectivity index (χ1n) is 5.78. The van der Waals surface area contributed by atoms with E-state index in [0.29, 0.717) is 0 Å². The Morgan fingerprint density at radius 2 is 1.95 bits per heavy atom. The zero-order chi connectivity index (χ0) is 14.9. The van der Waals surface area contributed by atoms with E-state index in [2.05, 4.69) is 0 Å². The summed E-state index contributed by atoms with van der Waals surface area (Å²) in [6.07, 6.45) is -1.62. The van der Waals surface area contributed by atoms with Crippen LogP contribution in [-0.2, 0) is 14.5 Å². The number of nitrogens with one attached hydrogen (secondary N) is 1. The number of aliphatic carboxylic acids is 1. The molecule has 0 amide bonds. The molecule has 1 aliphatic carbocycles. The number of alkyl halides is 2. The van der Waals surface area contributed by atoms with Crippen LogP contribution in [0.4, 0.5) is 8.78 Å². The molecule has 1 unspecified atom stereocenters. The minimum absolute atomic E-state index is 0.119. The molecule has 5 N–H and O–H groups in total. The van der Waals surface area contributed by atoms with E-state index in [-0.39, 0.29) is 24.3 Å². The number of carbonyl (C=O) groups is 1. The maximum absolute atomic E-state index is 12.6. The predicted octanol–water partition coefficient (Wildman–Crippen LogP) is 0.385. The summed E-state index contributed by atoms with van der Waals surface area (Å²) >= 11 is 0. The zero-order valence-electron chi connectivity index (χ0n) is 10.3. The second kappa shape index (κ2) is 5.29. The monoisotopic (exact) mass is 300 g/mol. The maximum atomic E-state index is 12.6. The fourth-order valence-electron chi connectivity index (χ4n) is 1.99. The summed E-state index contributed by atoms with van der Waals surface area (Å²) in [5, 5.41) is 18.2. The molecule has 0 radical (unpaired) electrons. The molecule has 0 aromatic heterocycles. The second-order valence-electron chi connectivity index (χ2n) is 5.14. The molecule has 0 aromatic rings. The normalized spacial score (nSPS) is 25.1. The van der Waals surface area contributed by atoms with E-state index in [9.17, 15) is 22.9 Å². The molecular formula is C10H18F2N2O4S. The summed E-state index contributed by atoms with van der Waals surface area (Å²) in [6, 6.07) is -1.19. The van der Waals surface area contributed by atoms with Crippen LogP contribution in [-0.4, -0.2) is 49.5 Å². The van der Waals surface area contributed by atoms with Gasteiger partial charge in [0, 0.05) is 34.1 Å². The lowest BCUT2D eigenvalue weighted by Crippen LogP contribution is -2.52. The minimum Gasteiger partial charge on any atom is -0.480 e. The van der Waals surface area contributed by atoms with Crippen molar-refractivity contribution in [2.45, 2.75) is 43.2 Å². The van der Waals surface area contributed by atoms with Crippen molar-refractivity contribution >= 4 is 15.7 Å². The van der Waals surface area contributed by atoms with E-state index in [4.69, 9.17) is 15.6 Å². The third-order valence-corrected chi connectivity index (χ3v) is 4.91. The quantitative estimate of drug-likeness (QED) is 0.541. The van der Waals surface area contributed by atoms with Crippen molar-refractivity contribution in [3.05, 3.63) is 0 Å². The lowest BCUT2D eigenvalue weighted by Gasteiger charge is -2.43. The van der Waals surface area contributed by atoms with E-state index >= 15 is 0 Å². The van der Waals surface area contributed by atoms with Gasteiger partial charge in [-0.15, -0.1) is 0 Å². The number of nitrogens with two attached hydrogens (primary N) is 1. The van der Waals surface area contributed by atoms with Crippen molar-refractivity contribution in [3.63, 3.8) is 0 Å². The van der Waals surface area contributed by atoms with Gasteiger partial charge in [0.1, 0.15) is 6.04 Å². The first-order chi connectivity index (χ1) is 8.45. The Morgan fingerprint density at radius 3 is 2.37 bits per heavy atom. The van der Waals surface area contributed by atoms with Gasteiger partial charge >= 0.3 is 5.97 Å². The molecule has 0 spiro atoms. The molecular weight excluding hydrogens is 282 g/mol. The predicted molar refractivity (Wildman–Crippen MR) is 64.6 cm³/mol. The molecule has 1 fully saturated rings. The summed E-state index contributed by atoms with van der Waals surface area (Å²) < 4.78 is 44.6. The van der Waals surface area contributed by atoms with Gasteiger partial charge in [0.2, 0.25) is 0 Å². The average molecular weight is 300 g/mol. The zero-order valence-corrected chi connectivity index (χ0v) is 11.1. The van der Waals surface area contributed by atoms with E-state index in [1.54, 1.807) is 0 Å². The third kappa shape index (κ3) is 5.00.